The SMILES string of the molecule is CC1CC(C(=O)O)CN(C(=O)NC2C3CCOC3C23CCC3)C1. The maximum absolute atomic E-state index is 12.7. The van der Waals surface area contributed by atoms with Crippen molar-refractivity contribution in [2.45, 2.75) is 51.2 Å². The molecule has 4 fully saturated rings. The van der Waals surface area contributed by atoms with Crippen LogP contribution in [0.15, 0.2) is 0 Å². The van der Waals surface area contributed by atoms with Crippen molar-refractivity contribution in [3.05, 3.63) is 0 Å². The summed E-state index contributed by atoms with van der Waals surface area (Å²) in [4.78, 5) is 25.7. The maximum atomic E-state index is 12.7. The number of nitrogens with zero attached hydrogens (tertiary/aromatic N) is 1. The van der Waals surface area contributed by atoms with Gasteiger partial charge in [0, 0.05) is 37.1 Å². The Hall–Kier alpha value is -1.30. The number of aliphatic carboxylic acids is 1. The van der Waals surface area contributed by atoms with Crippen LogP contribution in [0.4, 0.5) is 4.79 Å². The molecule has 0 aromatic rings. The number of likely N-dealkylation sites (tertiary alicyclic amines) is 1. The van der Waals surface area contributed by atoms with Gasteiger partial charge in [0.2, 0.25) is 0 Å². The van der Waals surface area contributed by atoms with E-state index in [2.05, 4.69) is 5.32 Å². The summed E-state index contributed by atoms with van der Waals surface area (Å²) in [6, 6.07) is 0.140. The smallest absolute Gasteiger partial charge is 0.317 e. The van der Waals surface area contributed by atoms with Crippen molar-refractivity contribution in [3.63, 3.8) is 0 Å². The third-order valence-electron chi connectivity index (χ3n) is 6.61. The van der Waals surface area contributed by atoms with Crippen LogP contribution in [-0.4, -0.2) is 53.8 Å². The standard InChI is InChI=1S/C17H26N2O4/c1-10-7-11(15(20)21)9-19(8-10)16(22)18-13-12-3-6-23-14(12)17(13)4-2-5-17/h10-14H,2-9H2,1H3,(H,18,22)(H,20,21). The van der Waals surface area contributed by atoms with Crippen molar-refractivity contribution in [2.75, 3.05) is 19.7 Å². The van der Waals surface area contributed by atoms with Crippen molar-refractivity contribution in [1.82, 2.24) is 10.2 Å². The number of carbonyl (C=O) groups excluding carboxylic acids is 1. The fourth-order valence-electron chi connectivity index (χ4n) is 5.38. The Kier molecular flexibility index (Phi) is 3.55. The minimum Gasteiger partial charge on any atom is -0.481 e. The normalized spacial score (nSPS) is 40.9. The molecule has 23 heavy (non-hydrogen) atoms. The largest absolute Gasteiger partial charge is 0.481 e. The predicted octanol–water partition coefficient (Wildman–Crippen LogP) is 1.70. The number of amides is 2. The van der Waals surface area contributed by atoms with Crippen LogP contribution in [-0.2, 0) is 9.53 Å². The lowest BCUT2D eigenvalue weighted by Gasteiger charge is -2.63. The summed E-state index contributed by atoms with van der Waals surface area (Å²) in [6.07, 6.45) is 5.55. The summed E-state index contributed by atoms with van der Waals surface area (Å²) >= 11 is 0. The Morgan fingerprint density at radius 1 is 1.30 bits per heavy atom. The van der Waals surface area contributed by atoms with E-state index in [1.807, 2.05) is 6.92 Å². The average Bonchev–Trinajstić information content (AvgIpc) is 2.87. The molecule has 5 atom stereocenters. The fourth-order valence-corrected chi connectivity index (χ4v) is 5.38. The molecule has 5 unspecified atom stereocenters. The van der Waals surface area contributed by atoms with Crippen LogP contribution in [0.2, 0.25) is 0 Å². The molecule has 128 valence electrons. The first-order valence-electron chi connectivity index (χ1n) is 8.91. The Morgan fingerprint density at radius 3 is 2.74 bits per heavy atom. The first-order chi connectivity index (χ1) is 11.0. The molecule has 4 rings (SSSR count). The van der Waals surface area contributed by atoms with Crippen LogP contribution in [0.1, 0.15) is 39.0 Å². The lowest BCUT2D eigenvalue weighted by atomic mass is 9.46. The number of carbonyl (C=O) groups is 2. The molecule has 2 saturated carbocycles. The van der Waals surface area contributed by atoms with E-state index < -0.39 is 11.9 Å². The molecule has 0 aromatic carbocycles. The lowest BCUT2D eigenvalue weighted by Crippen LogP contribution is -2.72. The maximum Gasteiger partial charge on any atom is 0.317 e. The van der Waals surface area contributed by atoms with Crippen LogP contribution < -0.4 is 5.32 Å². The second kappa shape index (κ2) is 5.36. The van der Waals surface area contributed by atoms with Gasteiger partial charge in [0.15, 0.2) is 0 Å². The molecule has 6 nitrogen and oxygen atoms in total. The minimum absolute atomic E-state index is 0.0792. The minimum atomic E-state index is -0.794. The Labute approximate surface area is 136 Å². The number of carboxylic acid groups (broad SMARTS) is 1. The van der Waals surface area contributed by atoms with E-state index in [0.29, 0.717) is 31.5 Å². The van der Waals surface area contributed by atoms with Gasteiger partial charge in [-0.05, 0) is 31.6 Å². The molecule has 0 radical (unpaired) electrons. The Morgan fingerprint density at radius 2 is 2.09 bits per heavy atom. The van der Waals surface area contributed by atoms with Gasteiger partial charge in [-0.1, -0.05) is 13.3 Å². The van der Waals surface area contributed by atoms with Gasteiger partial charge in [0.25, 0.3) is 0 Å². The van der Waals surface area contributed by atoms with Crippen molar-refractivity contribution >= 4 is 12.0 Å². The quantitative estimate of drug-likeness (QED) is 0.811. The van der Waals surface area contributed by atoms with E-state index in [1.165, 1.54) is 6.42 Å². The molecule has 0 bridgehead atoms. The van der Waals surface area contributed by atoms with Crippen LogP contribution in [0, 0.1) is 23.2 Å². The number of hydrogen-bond donors (Lipinski definition) is 2. The number of piperidine rings is 1. The van der Waals surface area contributed by atoms with E-state index >= 15 is 0 Å². The summed E-state index contributed by atoms with van der Waals surface area (Å²) in [6.45, 7) is 3.81. The molecule has 4 aliphatic rings. The zero-order valence-electron chi connectivity index (χ0n) is 13.7. The fraction of sp³-hybridized carbons (Fsp3) is 0.882. The van der Waals surface area contributed by atoms with Gasteiger partial charge in [-0.3, -0.25) is 4.79 Å². The first kappa shape index (κ1) is 15.2. The van der Waals surface area contributed by atoms with Gasteiger partial charge in [0.1, 0.15) is 0 Å². The first-order valence-corrected chi connectivity index (χ1v) is 8.91. The number of urea groups is 1. The molecule has 6 heteroatoms. The van der Waals surface area contributed by atoms with Crippen LogP contribution in [0.25, 0.3) is 0 Å². The van der Waals surface area contributed by atoms with Gasteiger partial charge in [-0.2, -0.15) is 0 Å². The second-order valence-electron chi connectivity index (χ2n) is 8.04. The van der Waals surface area contributed by atoms with Gasteiger partial charge in [0.05, 0.1) is 12.0 Å². The third kappa shape index (κ3) is 2.25. The molecule has 2 N–H and O–H groups in total. The van der Waals surface area contributed by atoms with Crippen molar-refractivity contribution in [1.29, 1.82) is 0 Å². The second-order valence-corrected chi connectivity index (χ2v) is 8.04. The average molecular weight is 322 g/mol. The molecule has 1 spiro atoms. The third-order valence-corrected chi connectivity index (χ3v) is 6.61. The Balaban J connectivity index is 1.42. The van der Waals surface area contributed by atoms with Crippen molar-refractivity contribution in [2.24, 2.45) is 23.2 Å². The number of fused-ring (bicyclic) bond motifs is 2. The molecule has 0 aromatic heterocycles. The number of carboxylic acids is 1. The highest BCUT2D eigenvalue weighted by atomic mass is 16.5. The van der Waals surface area contributed by atoms with E-state index in [1.54, 1.807) is 4.90 Å². The van der Waals surface area contributed by atoms with Crippen LogP contribution in [0.3, 0.4) is 0 Å². The summed E-state index contributed by atoms with van der Waals surface area (Å²) < 4.78 is 5.89. The highest BCUT2D eigenvalue weighted by Gasteiger charge is 2.67. The number of hydrogen-bond acceptors (Lipinski definition) is 3. The summed E-state index contributed by atoms with van der Waals surface area (Å²) in [5.41, 5.74) is 0.171. The number of rotatable bonds is 2. The summed E-state index contributed by atoms with van der Waals surface area (Å²) in [5.74, 6) is -0.544. The van der Waals surface area contributed by atoms with Gasteiger partial charge in [-0.25, -0.2) is 4.79 Å². The van der Waals surface area contributed by atoms with Gasteiger partial charge < -0.3 is 20.1 Å². The molecular formula is C17H26N2O4. The molecule has 2 aliphatic carbocycles. The number of ether oxygens (including phenoxy) is 1. The van der Waals surface area contributed by atoms with E-state index in [0.717, 1.165) is 25.9 Å². The zero-order chi connectivity index (χ0) is 16.2. The number of nitrogens with one attached hydrogen (secondary N) is 1. The van der Waals surface area contributed by atoms with E-state index in [4.69, 9.17) is 4.74 Å². The van der Waals surface area contributed by atoms with Gasteiger partial charge >= 0.3 is 12.0 Å². The Bertz CT molecular complexity index is 519. The van der Waals surface area contributed by atoms with Crippen molar-refractivity contribution in [3.8, 4) is 0 Å². The molecule has 2 heterocycles. The molecular weight excluding hydrogens is 296 g/mol. The van der Waals surface area contributed by atoms with E-state index in [9.17, 15) is 14.7 Å². The van der Waals surface area contributed by atoms with Gasteiger partial charge in [-0.15, -0.1) is 0 Å². The van der Waals surface area contributed by atoms with Crippen LogP contribution in [0.5, 0.6) is 0 Å². The summed E-state index contributed by atoms with van der Waals surface area (Å²) in [7, 11) is 0. The summed E-state index contributed by atoms with van der Waals surface area (Å²) in [5, 5.41) is 12.5. The highest BCUT2D eigenvalue weighted by Crippen LogP contribution is 2.62. The van der Waals surface area contributed by atoms with Crippen molar-refractivity contribution < 1.29 is 19.4 Å². The van der Waals surface area contributed by atoms with E-state index in [-0.39, 0.29) is 23.4 Å². The monoisotopic (exact) mass is 322 g/mol. The zero-order valence-corrected chi connectivity index (χ0v) is 13.7. The lowest BCUT2D eigenvalue weighted by molar-refractivity contribution is -0.172. The molecule has 2 amide bonds. The molecule has 2 aliphatic heterocycles. The molecule has 2 saturated heterocycles. The topological polar surface area (TPSA) is 78.9 Å². The highest BCUT2D eigenvalue weighted by molar-refractivity contribution is 5.77. The predicted molar refractivity (Wildman–Crippen MR) is 82.9 cm³/mol. The van der Waals surface area contributed by atoms with Crippen LogP contribution >= 0.6 is 0 Å².